The standard InChI is InChI=1S/C21H34N4O2/c1-2-22-21(23-11-6-12-25-13-15-26-16-14-25)24-17-18-7-3-4-10-20(18)27-19-8-5-9-19/h3-4,7,10,19H,2,5-6,8-9,11-17H2,1H3,(H2,22,23,24). The summed E-state index contributed by atoms with van der Waals surface area (Å²) in [5.74, 6) is 1.85. The van der Waals surface area contributed by atoms with Crippen LogP contribution in [0.15, 0.2) is 29.3 Å². The molecule has 1 heterocycles. The van der Waals surface area contributed by atoms with Gasteiger partial charge in [0, 0.05) is 31.7 Å². The van der Waals surface area contributed by atoms with Gasteiger partial charge in [0.05, 0.1) is 25.9 Å². The van der Waals surface area contributed by atoms with Gasteiger partial charge in [-0.1, -0.05) is 18.2 Å². The van der Waals surface area contributed by atoms with Crippen LogP contribution in [0.25, 0.3) is 0 Å². The van der Waals surface area contributed by atoms with E-state index in [0.29, 0.717) is 12.6 Å². The molecule has 0 spiro atoms. The van der Waals surface area contributed by atoms with Crippen molar-refractivity contribution in [2.24, 2.45) is 4.99 Å². The summed E-state index contributed by atoms with van der Waals surface area (Å²) in [4.78, 5) is 7.22. The van der Waals surface area contributed by atoms with Crippen molar-refractivity contribution in [1.29, 1.82) is 0 Å². The van der Waals surface area contributed by atoms with Gasteiger partial charge in [-0.3, -0.25) is 4.90 Å². The molecule has 0 bridgehead atoms. The molecule has 0 atom stereocenters. The highest BCUT2D eigenvalue weighted by Gasteiger charge is 2.20. The van der Waals surface area contributed by atoms with Crippen LogP contribution in [0.2, 0.25) is 0 Å². The van der Waals surface area contributed by atoms with Crippen LogP contribution in [0.1, 0.15) is 38.2 Å². The summed E-state index contributed by atoms with van der Waals surface area (Å²) >= 11 is 0. The molecular formula is C21H34N4O2. The number of morpholine rings is 1. The summed E-state index contributed by atoms with van der Waals surface area (Å²) in [5, 5.41) is 6.79. The number of guanidine groups is 1. The van der Waals surface area contributed by atoms with E-state index in [2.05, 4.69) is 40.7 Å². The van der Waals surface area contributed by atoms with Crippen LogP contribution in [0.4, 0.5) is 0 Å². The van der Waals surface area contributed by atoms with Gasteiger partial charge in [0.25, 0.3) is 0 Å². The van der Waals surface area contributed by atoms with Crippen LogP contribution in [0.5, 0.6) is 5.75 Å². The van der Waals surface area contributed by atoms with Crippen LogP contribution >= 0.6 is 0 Å². The van der Waals surface area contributed by atoms with Crippen molar-refractivity contribution in [1.82, 2.24) is 15.5 Å². The zero-order chi connectivity index (χ0) is 18.7. The fourth-order valence-corrected chi connectivity index (χ4v) is 3.26. The summed E-state index contributed by atoms with van der Waals surface area (Å²) in [6.07, 6.45) is 5.12. The Morgan fingerprint density at radius 2 is 2.04 bits per heavy atom. The maximum atomic E-state index is 6.11. The van der Waals surface area contributed by atoms with Crippen LogP contribution in [-0.4, -0.2) is 62.9 Å². The molecule has 0 unspecified atom stereocenters. The normalized spacial score (nSPS) is 18.8. The number of hydrogen-bond donors (Lipinski definition) is 2. The molecule has 1 aliphatic heterocycles. The first kappa shape index (κ1) is 20.0. The van der Waals surface area contributed by atoms with Crippen molar-refractivity contribution in [2.45, 2.75) is 45.3 Å². The highest BCUT2D eigenvalue weighted by molar-refractivity contribution is 5.79. The molecule has 6 heteroatoms. The molecule has 2 aliphatic rings. The monoisotopic (exact) mass is 374 g/mol. The molecule has 150 valence electrons. The highest BCUT2D eigenvalue weighted by atomic mass is 16.5. The molecule has 0 amide bonds. The molecule has 27 heavy (non-hydrogen) atoms. The fraction of sp³-hybridized carbons (Fsp3) is 0.667. The molecule has 1 aliphatic carbocycles. The fourth-order valence-electron chi connectivity index (χ4n) is 3.26. The Morgan fingerprint density at radius 3 is 2.78 bits per heavy atom. The molecule has 1 saturated heterocycles. The van der Waals surface area contributed by atoms with Gasteiger partial charge in [0.15, 0.2) is 5.96 Å². The smallest absolute Gasteiger partial charge is 0.191 e. The van der Waals surface area contributed by atoms with Gasteiger partial charge < -0.3 is 20.1 Å². The number of ether oxygens (including phenoxy) is 2. The number of rotatable bonds is 9. The lowest BCUT2D eigenvalue weighted by Gasteiger charge is -2.27. The van der Waals surface area contributed by atoms with Crippen LogP contribution in [0.3, 0.4) is 0 Å². The third-order valence-corrected chi connectivity index (χ3v) is 5.12. The predicted octanol–water partition coefficient (Wildman–Crippen LogP) is 2.40. The first-order chi connectivity index (χ1) is 13.3. The summed E-state index contributed by atoms with van der Waals surface area (Å²) in [6.45, 7) is 9.42. The van der Waals surface area contributed by atoms with Crippen LogP contribution in [0, 0.1) is 0 Å². The third-order valence-electron chi connectivity index (χ3n) is 5.12. The lowest BCUT2D eigenvalue weighted by Crippen LogP contribution is -2.40. The van der Waals surface area contributed by atoms with Gasteiger partial charge in [-0.2, -0.15) is 0 Å². The van der Waals surface area contributed by atoms with E-state index in [0.717, 1.165) is 69.6 Å². The lowest BCUT2D eigenvalue weighted by atomic mass is 9.96. The summed E-state index contributed by atoms with van der Waals surface area (Å²) in [7, 11) is 0. The van der Waals surface area contributed by atoms with Gasteiger partial charge >= 0.3 is 0 Å². The maximum absolute atomic E-state index is 6.11. The van der Waals surface area contributed by atoms with Crippen LogP contribution in [-0.2, 0) is 11.3 Å². The summed E-state index contributed by atoms with van der Waals surface area (Å²) in [5.41, 5.74) is 1.15. The number of para-hydroxylation sites is 1. The van der Waals surface area contributed by atoms with E-state index >= 15 is 0 Å². The molecule has 3 rings (SSSR count). The van der Waals surface area contributed by atoms with Crippen LogP contribution < -0.4 is 15.4 Å². The average molecular weight is 375 g/mol. The quantitative estimate of drug-likeness (QED) is 0.395. The van der Waals surface area contributed by atoms with Crippen molar-refractivity contribution < 1.29 is 9.47 Å². The van der Waals surface area contributed by atoms with Crippen molar-refractivity contribution >= 4 is 5.96 Å². The van der Waals surface area contributed by atoms with E-state index < -0.39 is 0 Å². The second-order valence-electron chi connectivity index (χ2n) is 7.21. The minimum atomic E-state index is 0.390. The summed E-state index contributed by atoms with van der Waals surface area (Å²) < 4.78 is 11.5. The molecule has 1 aromatic rings. The first-order valence-corrected chi connectivity index (χ1v) is 10.4. The van der Waals surface area contributed by atoms with Crippen molar-refractivity contribution in [3.05, 3.63) is 29.8 Å². The van der Waals surface area contributed by atoms with E-state index in [1.807, 2.05) is 6.07 Å². The van der Waals surface area contributed by atoms with E-state index in [1.165, 1.54) is 19.3 Å². The summed E-state index contributed by atoms with van der Waals surface area (Å²) in [6, 6.07) is 8.27. The topological polar surface area (TPSA) is 58.1 Å². The van der Waals surface area contributed by atoms with Gasteiger partial charge in [0.1, 0.15) is 5.75 Å². The molecule has 1 saturated carbocycles. The molecule has 2 N–H and O–H groups in total. The molecule has 0 aromatic heterocycles. The van der Waals surface area contributed by atoms with E-state index in [9.17, 15) is 0 Å². The SMILES string of the molecule is CCNC(=NCc1ccccc1OC1CCC1)NCCCN1CCOCC1. The van der Waals surface area contributed by atoms with Crippen molar-refractivity contribution in [3.8, 4) is 5.75 Å². The maximum Gasteiger partial charge on any atom is 0.191 e. The number of nitrogens with zero attached hydrogens (tertiary/aromatic N) is 2. The Kier molecular flexibility index (Phi) is 8.24. The molecule has 0 radical (unpaired) electrons. The van der Waals surface area contributed by atoms with Gasteiger partial charge in [0.2, 0.25) is 0 Å². The predicted molar refractivity (Wildman–Crippen MR) is 109 cm³/mol. The minimum Gasteiger partial charge on any atom is -0.490 e. The molecule has 6 nitrogen and oxygen atoms in total. The van der Waals surface area contributed by atoms with E-state index in [4.69, 9.17) is 14.5 Å². The minimum absolute atomic E-state index is 0.390. The van der Waals surface area contributed by atoms with Gasteiger partial charge in [-0.25, -0.2) is 4.99 Å². The van der Waals surface area contributed by atoms with Crippen molar-refractivity contribution in [3.63, 3.8) is 0 Å². The number of nitrogens with one attached hydrogen (secondary N) is 2. The van der Waals surface area contributed by atoms with E-state index in [-0.39, 0.29) is 0 Å². The zero-order valence-electron chi connectivity index (χ0n) is 16.6. The highest BCUT2D eigenvalue weighted by Crippen LogP contribution is 2.27. The van der Waals surface area contributed by atoms with Gasteiger partial charge in [-0.15, -0.1) is 0 Å². The Labute approximate surface area is 163 Å². The van der Waals surface area contributed by atoms with Gasteiger partial charge in [-0.05, 0) is 45.2 Å². The molecule has 1 aromatic carbocycles. The third kappa shape index (κ3) is 6.70. The second kappa shape index (κ2) is 11.1. The zero-order valence-corrected chi connectivity index (χ0v) is 16.6. The Balaban J connectivity index is 1.46. The Bertz CT molecular complexity index is 583. The first-order valence-electron chi connectivity index (χ1n) is 10.4. The number of benzene rings is 1. The number of aliphatic imine (C=N–C) groups is 1. The second-order valence-corrected chi connectivity index (χ2v) is 7.21. The Hall–Kier alpha value is -1.79. The van der Waals surface area contributed by atoms with E-state index in [1.54, 1.807) is 0 Å². The largest absolute Gasteiger partial charge is 0.490 e. The molecular weight excluding hydrogens is 340 g/mol. The molecule has 2 fully saturated rings. The lowest BCUT2D eigenvalue weighted by molar-refractivity contribution is 0.0376. The average Bonchev–Trinajstić information content (AvgIpc) is 2.67. The number of hydrogen-bond acceptors (Lipinski definition) is 4. The van der Waals surface area contributed by atoms with Crippen molar-refractivity contribution in [2.75, 3.05) is 45.9 Å². The Morgan fingerprint density at radius 1 is 1.22 bits per heavy atom.